The predicted molar refractivity (Wildman–Crippen MR) is 76.9 cm³/mol. The fraction of sp³-hybridized carbons (Fsp3) is 0.214. The monoisotopic (exact) mass is 302 g/mol. The van der Waals surface area contributed by atoms with Gasteiger partial charge in [-0.3, -0.25) is 0 Å². The molecule has 0 amide bonds. The van der Waals surface area contributed by atoms with E-state index in [4.69, 9.17) is 4.74 Å². The van der Waals surface area contributed by atoms with Gasteiger partial charge in [0.25, 0.3) is 0 Å². The van der Waals surface area contributed by atoms with Crippen molar-refractivity contribution in [2.24, 2.45) is 0 Å². The zero-order valence-corrected chi connectivity index (χ0v) is 11.9. The molecule has 1 aromatic carbocycles. The van der Waals surface area contributed by atoms with E-state index in [0.717, 1.165) is 0 Å². The van der Waals surface area contributed by atoms with Gasteiger partial charge in [0.2, 0.25) is 5.95 Å². The highest BCUT2D eigenvalue weighted by atomic mass is 16.5. The first-order chi connectivity index (χ1) is 10.5. The van der Waals surface area contributed by atoms with Crippen LogP contribution in [0.25, 0.3) is 0 Å². The number of rotatable bonds is 3. The van der Waals surface area contributed by atoms with Gasteiger partial charge in [-0.1, -0.05) is 6.07 Å². The van der Waals surface area contributed by atoms with E-state index in [9.17, 15) is 15.0 Å². The first kappa shape index (κ1) is 13.9. The number of benzene rings is 1. The zero-order chi connectivity index (χ0) is 15.9. The van der Waals surface area contributed by atoms with E-state index in [0.29, 0.717) is 23.1 Å². The van der Waals surface area contributed by atoms with Crippen LogP contribution < -0.4 is 10.1 Å². The van der Waals surface area contributed by atoms with Crippen molar-refractivity contribution in [2.75, 3.05) is 12.4 Å². The number of carboxylic acids is 1. The number of fused-ring (bicyclic) bond motifs is 1. The Hall–Kier alpha value is -3.03. The smallest absolute Gasteiger partial charge is 0.352 e. The van der Waals surface area contributed by atoms with Crippen LogP contribution >= 0.6 is 0 Å². The SMILES string of the molecule is COc1ccc([C@@H]2C=C(C(=O)O)Nc3nc(C)nn32)cc1O. The molecule has 0 bridgehead atoms. The van der Waals surface area contributed by atoms with Crippen molar-refractivity contribution < 1.29 is 19.7 Å². The zero-order valence-electron chi connectivity index (χ0n) is 11.9. The second-order valence-corrected chi connectivity index (χ2v) is 4.81. The van der Waals surface area contributed by atoms with Crippen molar-refractivity contribution in [3.63, 3.8) is 0 Å². The van der Waals surface area contributed by atoms with Crippen molar-refractivity contribution >= 4 is 11.9 Å². The molecular weight excluding hydrogens is 288 g/mol. The van der Waals surface area contributed by atoms with Crippen LogP contribution in [0.1, 0.15) is 17.4 Å². The third-order valence-corrected chi connectivity index (χ3v) is 3.35. The predicted octanol–water partition coefficient (Wildman–Crippen LogP) is 1.28. The lowest BCUT2D eigenvalue weighted by molar-refractivity contribution is -0.132. The molecule has 3 rings (SSSR count). The van der Waals surface area contributed by atoms with Crippen LogP contribution in [-0.4, -0.2) is 38.1 Å². The molecule has 0 unspecified atom stereocenters. The van der Waals surface area contributed by atoms with Crippen LogP contribution in [0.5, 0.6) is 11.5 Å². The minimum atomic E-state index is -1.09. The van der Waals surface area contributed by atoms with E-state index < -0.39 is 12.0 Å². The summed E-state index contributed by atoms with van der Waals surface area (Å²) in [7, 11) is 1.46. The molecule has 0 spiro atoms. The molecule has 8 heteroatoms. The molecule has 1 aliphatic rings. The molecule has 0 saturated heterocycles. The first-order valence-corrected chi connectivity index (χ1v) is 6.52. The second kappa shape index (κ2) is 5.06. The number of aromatic hydroxyl groups is 1. The van der Waals surface area contributed by atoms with E-state index in [1.54, 1.807) is 23.7 Å². The summed E-state index contributed by atoms with van der Waals surface area (Å²) in [5, 5.41) is 26.1. The number of ether oxygens (including phenoxy) is 1. The Balaban J connectivity index is 2.11. The van der Waals surface area contributed by atoms with Gasteiger partial charge in [0.1, 0.15) is 17.6 Å². The molecule has 3 N–H and O–H groups in total. The first-order valence-electron chi connectivity index (χ1n) is 6.52. The summed E-state index contributed by atoms with van der Waals surface area (Å²) in [6.07, 6.45) is 1.52. The highest BCUT2D eigenvalue weighted by molar-refractivity contribution is 5.90. The van der Waals surface area contributed by atoms with E-state index in [-0.39, 0.29) is 11.4 Å². The topological polar surface area (TPSA) is 110 Å². The van der Waals surface area contributed by atoms with Crippen LogP contribution in [0, 0.1) is 6.92 Å². The number of aryl methyl sites for hydroxylation is 1. The minimum absolute atomic E-state index is 0.0141. The summed E-state index contributed by atoms with van der Waals surface area (Å²) < 4.78 is 6.59. The molecular formula is C14H14N4O4. The molecule has 1 aliphatic heterocycles. The van der Waals surface area contributed by atoms with Crippen molar-refractivity contribution in [2.45, 2.75) is 13.0 Å². The average Bonchev–Trinajstić information content (AvgIpc) is 2.86. The lowest BCUT2D eigenvalue weighted by atomic mass is 10.0. The number of phenolic OH excluding ortho intramolecular Hbond substituents is 1. The van der Waals surface area contributed by atoms with E-state index in [1.165, 1.54) is 19.3 Å². The van der Waals surface area contributed by atoms with Gasteiger partial charge in [0.05, 0.1) is 7.11 Å². The van der Waals surface area contributed by atoms with Crippen LogP contribution in [0.4, 0.5) is 5.95 Å². The fourth-order valence-electron chi connectivity index (χ4n) is 2.35. The maximum Gasteiger partial charge on any atom is 0.352 e. The number of anilines is 1. The summed E-state index contributed by atoms with van der Waals surface area (Å²) in [5.74, 6) is 0.0925. The summed E-state index contributed by atoms with van der Waals surface area (Å²) in [5.41, 5.74) is 0.685. The van der Waals surface area contributed by atoms with Gasteiger partial charge < -0.3 is 20.3 Å². The van der Waals surface area contributed by atoms with Crippen LogP contribution in [0.3, 0.4) is 0 Å². The summed E-state index contributed by atoms with van der Waals surface area (Å²) >= 11 is 0. The molecule has 1 atom stereocenters. The fourth-order valence-corrected chi connectivity index (χ4v) is 2.35. The number of phenols is 1. The van der Waals surface area contributed by atoms with Gasteiger partial charge in [0, 0.05) is 0 Å². The van der Waals surface area contributed by atoms with Gasteiger partial charge in [-0.05, 0) is 30.7 Å². The highest BCUT2D eigenvalue weighted by Crippen LogP contribution is 2.34. The van der Waals surface area contributed by atoms with Crippen molar-refractivity contribution in [3.05, 3.63) is 41.4 Å². The molecule has 2 heterocycles. The third kappa shape index (κ3) is 2.24. The number of nitrogens with one attached hydrogen (secondary N) is 1. The molecule has 114 valence electrons. The van der Waals surface area contributed by atoms with Crippen molar-refractivity contribution in [1.29, 1.82) is 0 Å². The number of aliphatic carboxylic acids is 1. The molecule has 0 saturated carbocycles. The maximum absolute atomic E-state index is 11.3. The number of allylic oxidation sites excluding steroid dienone is 1. The number of carbonyl (C=O) groups is 1. The largest absolute Gasteiger partial charge is 0.504 e. The van der Waals surface area contributed by atoms with E-state index in [2.05, 4.69) is 15.4 Å². The maximum atomic E-state index is 11.3. The standard InChI is InChI=1S/C14H14N4O4/c1-7-15-14-16-9(13(20)21)6-10(18(14)17-7)8-3-4-12(22-2)11(19)5-8/h3-6,10,19H,1-2H3,(H,20,21)(H,15,16,17)/t10-/m0/s1. The number of carboxylic acid groups (broad SMARTS) is 1. The van der Waals surface area contributed by atoms with E-state index in [1.807, 2.05) is 0 Å². The van der Waals surface area contributed by atoms with Crippen LogP contribution in [-0.2, 0) is 4.79 Å². The van der Waals surface area contributed by atoms with Gasteiger partial charge in [-0.2, -0.15) is 10.1 Å². The number of hydrogen-bond acceptors (Lipinski definition) is 6. The third-order valence-electron chi connectivity index (χ3n) is 3.35. The number of nitrogens with zero attached hydrogens (tertiary/aromatic N) is 3. The van der Waals surface area contributed by atoms with Crippen molar-refractivity contribution in [3.8, 4) is 11.5 Å². The Kier molecular flexibility index (Phi) is 3.21. The molecule has 0 fully saturated rings. The lowest BCUT2D eigenvalue weighted by Crippen LogP contribution is -2.24. The molecule has 22 heavy (non-hydrogen) atoms. The number of hydrogen-bond donors (Lipinski definition) is 3. The second-order valence-electron chi connectivity index (χ2n) is 4.81. The Morgan fingerprint density at radius 2 is 2.23 bits per heavy atom. The minimum Gasteiger partial charge on any atom is -0.504 e. The molecule has 1 aromatic heterocycles. The van der Waals surface area contributed by atoms with Crippen LogP contribution in [0.2, 0.25) is 0 Å². The molecule has 2 aromatic rings. The van der Waals surface area contributed by atoms with E-state index >= 15 is 0 Å². The Morgan fingerprint density at radius 1 is 1.45 bits per heavy atom. The van der Waals surface area contributed by atoms with Crippen molar-refractivity contribution in [1.82, 2.24) is 14.8 Å². The quantitative estimate of drug-likeness (QED) is 0.783. The van der Waals surface area contributed by atoms with Gasteiger partial charge in [-0.15, -0.1) is 0 Å². The molecule has 0 aliphatic carbocycles. The summed E-state index contributed by atoms with van der Waals surface area (Å²) in [6.45, 7) is 1.72. The normalized spacial score (nSPS) is 16.5. The summed E-state index contributed by atoms with van der Waals surface area (Å²) in [6, 6.07) is 4.39. The Morgan fingerprint density at radius 3 is 2.86 bits per heavy atom. The Bertz CT molecular complexity index is 781. The van der Waals surface area contributed by atoms with Gasteiger partial charge >= 0.3 is 5.97 Å². The Labute approximate surface area is 125 Å². The van der Waals surface area contributed by atoms with Crippen LogP contribution in [0.15, 0.2) is 30.0 Å². The number of methoxy groups -OCH3 is 1. The van der Waals surface area contributed by atoms with Gasteiger partial charge in [0.15, 0.2) is 11.5 Å². The molecule has 0 radical (unpaired) electrons. The molecule has 8 nitrogen and oxygen atoms in total. The lowest BCUT2D eigenvalue weighted by Gasteiger charge is -2.22. The summed E-state index contributed by atoms with van der Waals surface area (Å²) in [4.78, 5) is 15.4. The highest BCUT2D eigenvalue weighted by Gasteiger charge is 2.27. The number of aromatic nitrogens is 3. The average molecular weight is 302 g/mol. The van der Waals surface area contributed by atoms with Gasteiger partial charge in [-0.25, -0.2) is 9.48 Å².